The first-order valence-corrected chi connectivity index (χ1v) is 7.70. The lowest BCUT2D eigenvalue weighted by molar-refractivity contribution is 0.155. The SMILES string of the molecule is CC1CCC(N)C(CN(C)CC2CCCN2C)C1. The van der Waals surface area contributed by atoms with E-state index in [0.29, 0.717) is 12.0 Å². The standard InChI is InChI=1S/C15H31N3/c1-12-6-7-15(16)13(9-12)10-17(2)11-14-5-4-8-18(14)3/h12-15H,4-11,16H2,1-3H3. The molecule has 18 heavy (non-hydrogen) atoms. The number of nitrogens with two attached hydrogens (primary N) is 1. The molecular weight excluding hydrogens is 222 g/mol. The molecule has 1 saturated heterocycles. The van der Waals surface area contributed by atoms with Gasteiger partial charge in [-0.05, 0) is 64.6 Å². The molecule has 0 aromatic carbocycles. The fraction of sp³-hybridized carbons (Fsp3) is 1.00. The number of rotatable bonds is 4. The smallest absolute Gasteiger partial charge is 0.0220 e. The van der Waals surface area contributed by atoms with Gasteiger partial charge in [-0.25, -0.2) is 0 Å². The van der Waals surface area contributed by atoms with Gasteiger partial charge in [0.15, 0.2) is 0 Å². The summed E-state index contributed by atoms with van der Waals surface area (Å²) in [5.41, 5.74) is 6.29. The maximum absolute atomic E-state index is 6.29. The van der Waals surface area contributed by atoms with Crippen molar-refractivity contribution >= 4 is 0 Å². The van der Waals surface area contributed by atoms with Crippen molar-refractivity contribution in [3.63, 3.8) is 0 Å². The maximum Gasteiger partial charge on any atom is 0.0220 e. The Morgan fingerprint density at radius 2 is 2.00 bits per heavy atom. The van der Waals surface area contributed by atoms with E-state index in [2.05, 4.69) is 30.8 Å². The Bertz CT molecular complexity index is 256. The van der Waals surface area contributed by atoms with E-state index in [9.17, 15) is 0 Å². The van der Waals surface area contributed by atoms with Gasteiger partial charge in [0.2, 0.25) is 0 Å². The number of likely N-dealkylation sites (tertiary alicyclic amines) is 1. The summed E-state index contributed by atoms with van der Waals surface area (Å²) in [7, 11) is 4.54. The van der Waals surface area contributed by atoms with E-state index in [4.69, 9.17) is 5.73 Å². The number of nitrogens with zero attached hydrogens (tertiary/aromatic N) is 2. The van der Waals surface area contributed by atoms with E-state index in [1.54, 1.807) is 0 Å². The molecule has 3 nitrogen and oxygen atoms in total. The Hall–Kier alpha value is -0.120. The van der Waals surface area contributed by atoms with Gasteiger partial charge < -0.3 is 15.5 Å². The van der Waals surface area contributed by atoms with Crippen molar-refractivity contribution in [3.05, 3.63) is 0 Å². The van der Waals surface area contributed by atoms with E-state index in [1.807, 2.05) is 0 Å². The monoisotopic (exact) mass is 253 g/mol. The van der Waals surface area contributed by atoms with Gasteiger partial charge in [-0.15, -0.1) is 0 Å². The highest BCUT2D eigenvalue weighted by Crippen LogP contribution is 2.28. The highest BCUT2D eigenvalue weighted by atomic mass is 15.2. The van der Waals surface area contributed by atoms with E-state index < -0.39 is 0 Å². The molecule has 2 N–H and O–H groups in total. The lowest BCUT2D eigenvalue weighted by Gasteiger charge is -2.36. The van der Waals surface area contributed by atoms with Crippen molar-refractivity contribution in [3.8, 4) is 0 Å². The van der Waals surface area contributed by atoms with Crippen LogP contribution in [0.4, 0.5) is 0 Å². The molecule has 0 amide bonds. The second kappa shape index (κ2) is 6.36. The van der Waals surface area contributed by atoms with Gasteiger partial charge in [0.05, 0.1) is 0 Å². The molecule has 1 saturated carbocycles. The summed E-state index contributed by atoms with van der Waals surface area (Å²) in [4.78, 5) is 5.04. The zero-order valence-corrected chi connectivity index (χ0v) is 12.4. The van der Waals surface area contributed by atoms with E-state index in [1.165, 1.54) is 51.7 Å². The summed E-state index contributed by atoms with van der Waals surface area (Å²) in [5.74, 6) is 1.59. The van der Waals surface area contributed by atoms with Crippen LogP contribution >= 0.6 is 0 Å². The summed E-state index contributed by atoms with van der Waals surface area (Å²) in [6, 6.07) is 1.21. The van der Waals surface area contributed by atoms with Crippen LogP contribution in [-0.2, 0) is 0 Å². The average molecular weight is 253 g/mol. The van der Waals surface area contributed by atoms with Crippen molar-refractivity contribution in [2.24, 2.45) is 17.6 Å². The van der Waals surface area contributed by atoms with Crippen LogP contribution in [0.3, 0.4) is 0 Å². The highest BCUT2D eigenvalue weighted by molar-refractivity contribution is 4.85. The summed E-state index contributed by atoms with van der Waals surface area (Å²) in [6.07, 6.45) is 6.62. The van der Waals surface area contributed by atoms with Crippen LogP contribution < -0.4 is 5.73 Å². The minimum atomic E-state index is 0.435. The van der Waals surface area contributed by atoms with Crippen LogP contribution in [0.15, 0.2) is 0 Å². The Morgan fingerprint density at radius 3 is 2.67 bits per heavy atom. The largest absolute Gasteiger partial charge is 0.327 e. The van der Waals surface area contributed by atoms with Crippen molar-refractivity contribution in [2.45, 2.75) is 51.1 Å². The van der Waals surface area contributed by atoms with Crippen molar-refractivity contribution in [1.82, 2.24) is 9.80 Å². The molecule has 0 aromatic heterocycles. The van der Waals surface area contributed by atoms with E-state index >= 15 is 0 Å². The minimum Gasteiger partial charge on any atom is -0.327 e. The molecule has 2 fully saturated rings. The Balaban J connectivity index is 1.77. The zero-order valence-electron chi connectivity index (χ0n) is 12.4. The lowest BCUT2D eigenvalue weighted by atomic mass is 9.79. The van der Waals surface area contributed by atoms with Gasteiger partial charge in [-0.1, -0.05) is 6.92 Å². The van der Waals surface area contributed by atoms with Gasteiger partial charge in [-0.3, -0.25) is 0 Å². The molecule has 2 aliphatic rings. The first kappa shape index (κ1) is 14.3. The molecular formula is C15H31N3. The first-order chi connectivity index (χ1) is 8.56. The van der Waals surface area contributed by atoms with Gasteiger partial charge >= 0.3 is 0 Å². The van der Waals surface area contributed by atoms with Gasteiger partial charge in [-0.2, -0.15) is 0 Å². The molecule has 4 atom stereocenters. The van der Waals surface area contributed by atoms with Gasteiger partial charge in [0.25, 0.3) is 0 Å². The second-order valence-corrected chi connectivity index (χ2v) is 6.84. The summed E-state index contributed by atoms with van der Waals surface area (Å²) in [6.45, 7) is 6.06. The molecule has 0 radical (unpaired) electrons. The average Bonchev–Trinajstić information content (AvgIpc) is 2.70. The minimum absolute atomic E-state index is 0.435. The molecule has 2 rings (SSSR count). The molecule has 106 valence electrons. The fourth-order valence-electron chi connectivity index (χ4n) is 3.78. The molecule has 4 unspecified atom stereocenters. The van der Waals surface area contributed by atoms with Crippen LogP contribution in [0.5, 0.6) is 0 Å². The van der Waals surface area contributed by atoms with E-state index in [-0.39, 0.29) is 0 Å². The van der Waals surface area contributed by atoms with Gasteiger partial charge in [0.1, 0.15) is 0 Å². The summed E-state index contributed by atoms with van der Waals surface area (Å²) < 4.78 is 0. The number of likely N-dealkylation sites (N-methyl/N-ethyl adjacent to an activating group) is 2. The Morgan fingerprint density at radius 1 is 1.22 bits per heavy atom. The van der Waals surface area contributed by atoms with Crippen LogP contribution in [-0.4, -0.2) is 55.6 Å². The summed E-state index contributed by atoms with van der Waals surface area (Å²) in [5, 5.41) is 0. The molecule has 1 heterocycles. The normalized spacial score (nSPS) is 38.5. The third-order valence-electron chi connectivity index (χ3n) is 5.04. The summed E-state index contributed by atoms with van der Waals surface area (Å²) >= 11 is 0. The van der Waals surface area contributed by atoms with Crippen molar-refractivity contribution in [2.75, 3.05) is 33.7 Å². The van der Waals surface area contributed by atoms with E-state index in [0.717, 1.165) is 12.0 Å². The van der Waals surface area contributed by atoms with Gasteiger partial charge in [0, 0.05) is 25.2 Å². The predicted molar refractivity (Wildman–Crippen MR) is 77.6 cm³/mol. The van der Waals surface area contributed by atoms with Crippen molar-refractivity contribution in [1.29, 1.82) is 0 Å². The molecule has 1 aliphatic heterocycles. The first-order valence-electron chi connectivity index (χ1n) is 7.70. The molecule has 0 bridgehead atoms. The molecule has 1 aliphatic carbocycles. The van der Waals surface area contributed by atoms with Crippen LogP contribution in [0.1, 0.15) is 39.0 Å². The third-order valence-corrected chi connectivity index (χ3v) is 5.04. The third kappa shape index (κ3) is 3.69. The number of hydrogen-bond donors (Lipinski definition) is 1. The lowest BCUT2D eigenvalue weighted by Crippen LogP contribution is -2.44. The van der Waals surface area contributed by atoms with Crippen LogP contribution in [0, 0.1) is 11.8 Å². The number of hydrogen-bond acceptors (Lipinski definition) is 3. The second-order valence-electron chi connectivity index (χ2n) is 6.84. The van der Waals surface area contributed by atoms with Crippen LogP contribution in [0.2, 0.25) is 0 Å². The molecule has 0 aromatic rings. The topological polar surface area (TPSA) is 32.5 Å². The highest BCUT2D eigenvalue weighted by Gasteiger charge is 2.28. The molecule has 0 spiro atoms. The van der Waals surface area contributed by atoms with Crippen molar-refractivity contribution < 1.29 is 0 Å². The fourth-order valence-corrected chi connectivity index (χ4v) is 3.78. The predicted octanol–water partition coefficient (Wildman–Crippen LogP) is 1.78. The Labute approximate surface area is 113 Å². The van der Waals surface area contributed by atoms with Crippen LogP contribution in [0.25, 0.3) is 0 Å². The quantitative estimate of drug-likeness (QED) is 0.829. The maximum atomic E-state index is 6.29. The Kier molecular flexibility index (Phi) is 5.05. The molecule has 3 heteroatoms. The zero-order chi connectivity index (χ0) is 13.1.